The van der Waals surface area contributed by atoms with E-state index in [1.807, 2.05) is 25.1 Å². The van der Waals surface area contributed by atoms with E-state index in [1.165, 1.54) is 4.88 Å². The van der Waals surface area contributed by atoms with E-state index >= 15 is 0 Å². The van der Waals surface area contributed by atoms with E-state index in [2.05, 4.69) is 36.5 Å². The summed E-state index contributed by atoms with van der Waals surface area (Å²) in [4.78, 5) is 27.2. The van der Waals surface area contributed by atoms with Gasteiger partial charge in [-0.3, -0.25) is 9.59 Å². The molecule has 2 aliphatic carbocycles. The van der Waals surface area contributed by atoms with Crippen LogP contribution in [0.25, 0.3) is 11.1 Å². The van der Waals surface area contributed by atoms with Gasteiger partial charge in [0.05, 0.1) is 19.3 Å². The van der Waals surface area contributed by atoms with Gasteiger partial charge in [-0.2, -0.15) is 0 Å². The molecular formula is C31H35NO4S. The maximum atomic E-state index is 13.4. The van der Waals surface area contributed by atoms with Crippen molar-refractivity contribution in [2.24, 2.45) is 11.3 Å². The predicted octanol–water partition coefficient (Wildman–Crippen LogP) is 6.00. The monoisotopic (exact) mass is 517 g/mol. The lowest BCUT2D eigenvalue weighted by atomic mass is 9.49. The van der Waals surface area contributed by atoms with Crippen molar-refractivity contribution in [1.29, 1.82) is 0 Å². The highest BCUT2D eigenvalue weighted by Gasteiger charge is 2.54. The van der Waals surface area contributed by atoms with Crippen molar-refractivity contribution in [2.45, 2.75) is 65.5 Å². The average Bonchev–Trinajstić information content (AvgIpc) is 3.11. The van der Waals surface area contributed by atoms with Crippen LogP contribution in [0.3, 0.4) is 0 Å². The summed E-state index contributed by atoms with van der Waals surface area (Å²) < 4.78 is 5.39. The number of Topliss-reactive ketones (excluding diaryl/α,β-unsaturated/α-hetero) is 1. The molecular weight excluding hydrogens is 482 g/mol. The number of aryl methyl sites for hydroxylation is 2. The Morgan fingerprint density at radius 3 is 2.32 bits per heavy atom. The number of aliphatic hydroxyl groups excluding tert-OH is 1. The van der Waals surface area contributed by atoms with Crippen LogP contribution < -0.4 is 10.1 Å². The molecule has 0 unspecified atom stereocenters. The number of methoxy groups -OCH3 is 1. The van der Waals surface area contributed by atoms with Gasteiger partial charge in [0.1, 0.15) is 11.5 Å². The second-order valence-corrected chi connectivity index (χ2v) is 12.4. The molecule has 0 aliphatic heterocycles. The predicted molar refractivity (Wildman–Crippen MR) is 147 cm³/mol. The Hall–Kier alpha value is -2.96. The van der Waals surface area contributed by atoms with E-state index in [1.54, 1.807) is 25.4 Å². The van der Waals surface area contributed by atoms with Crippen molar-refractivity contribution in [1.82, 2.24) is 5.32 Å². The van der Waals surface area contributed by atoms with Gasteiger partial charge in [0.2, 0.25) is 0 Å². The number of hydrogen-bond donors (Lipinski definition) is 2. The Morgan fingerprint density at radius 2 is 1.70 bits per heavy atom. The van der Waals surface area contributed by atoms with Crippen LogP contribution in [0.5, 0.6) is 5.75 Å². The molecule has 1 amide bonds. The Balaban J connectivity index is 1.27. The Bertz CT molecular complexity index is 1300. The number of hydrogen-bond acceptors (Lipinski definition) is 5. The molecule has 0 bridgehead atoms. The van der Waals surface area contributed by atoms with Crippen LogP contribution in [-0.2, 0) is 17.8 Å². The maximum Gasteiger partial charge on any atom is 0.252 e. The van der Waals surface area contributed by atoms with Crippen molar-refractivity contribution in [2.75, 3.05) is 7.11 Å². The van der Waals surface area contributed by atoms with E-state index in [0.717, 1.165) is 69.7 Å². The molecule has 5 nitrogen and oxygen atoms in total. The van der Waals surface area contributed by atoms with Gasteiger partial charge in [-0.1, -0.05) is 24.3 Å². The first-order chi connectivity index (χ1) is 17.7. The minimum absolute atomic E-state index is 0.0312. The number of amides is 1. The van der Waals surface area contributed by atoms with Crippen LogP contribution in [0.1, 0.15) is 69.4 Å². The number of ketones is 1. The van der Waals surface area contributed by atoms with Crippen LogP contribution in [0.2, 0.25) is 0 Å². The minimum Gasteiger partial charge on any atom is -0.497 e. The first-order valence-corrected chi connectivity index (χ1v) is 13.8. The normalized spacial score (nSPS) is 22.3. The van der Waals surface area contributed by atoms with Gasteiger partial charge in [-0.15, -0.1) is 11.3 Å². The Morgan fingerprint density at radius 1 is 1.00 bits per heavy atom. The lowest BCUT2D eigenvalue weighted by Gasteiger charge is -2.57. The molecule has 2 aromatic carbocycles. The lowest BCUT2D eigenvalue weighted by molar-refractivity contribution is -0.134. The zero-order chi connectivity index (χ0) is 26.3. The molecule has 1 aromatic heterocycles. The van der Waals surface area contributed by atoms with Crippen LogP contribution in [-0.4, -0.2) is 29.9 Å². The van der Waals surface area contributed by atoms with Gasteiger partial charge in [-0.25, -0.2) is 0 Å². The number of ether oxygens (including phenoxy) is 1. The summed E-state index contributed by atoms with van der Waals surface area (Å²) in [5.41, 5.74) is 6.23. The van der Waals surface area contributed by atoms with E-state index in [-0.39, 0.29) is 24.5 Å². The fourth-order valence-electron chi connectivity index (χ4n) is 6.25. The summed E-state index contributed by atoms with van der Waals surface area (Å²) in [6.45, 7) is 5.79. The van der Waals surface area contributed by atoms with Crippen LogP contribution in [0.4, 0.5) is 0 Å². The van der Waals surface area contributed by atoms with Crippen molar-refractivity contribution >= 4 is 23.0 Å². The first-order valence-electron chi connectivity index (χ1n) is 13.0. The molecule has 1 heterocycles. The van der Waals surface area contributed by atoms with Gasteiger partial charge in [-0.05, 0) is 104 Å². The third kappa shape index (κ3) is 5.10. The minimum atomic E-state index is -0.0370. The fraction of sp³-hybridized carbons (Fsp3) is 0.419. The molecule has 3 aromatic rings. The Kier molecular flexibility index (Phi) is 6.99. The highest BCUT2D eigenvalue weighted by atomic mass is 32.1. The van der Waals surface area contributed by atoms with Crippen LogP contribution in [0.15, 0.2) is 42.5 Å². The fourth-order valence-corrected chi connectivity index (χ4v) is 7.32. The van der Waals surface area contributed by atoms with Gasteiger partial charge in [0.15, 0.2) is 0 Å². The first kappa shape index (κ1) is 25.7. The number of rotatable bonds is 8. The van der Waals surface area contributed by atoms with E-state index in [9.17, 15) is 14.7 Å². The number of benzene rings is 2. The molecule has 2 saturated carbocycles. The van der Waals surface area contributed by atoms with E-state index in [4.69, 9.17) is 4.74 Å². The van der Waals surface area contributed by atoms with Gasteiger partial charge in [0, 0.05) is 21.7 Å². The summed E-state index contributed by atoms with van der Waals surface area (Å²) in [6, 6.07) is 14.4. The highest BCUT2D eigenvalue weighted by Crippen LogP contribution is 2.58. The molecule has 2 fully saturated rings. The molecule has 1 spiro atoms. The maximum absolute atomic E-state index is 13.4. The third-order valence-corrected chi connectivity index (χ3v) is 9.36. The molecule has 0 atom stereocenters. The van der Waals surface area contributed by atoms with Crippen molar-refractivity contribution in [3.05, 3.63) is 74.5 Å². The molecule has 5 rings (SSSR count). The number of nitrogens with one attached hydrogen (secondary N) is 1. The van der Waals surface area contributed by atoms with Gasteiger partial charge < -0.3 is 15.2 Å². The van der Waals surface area contributed by atoms with E-state index in [0.29, 0.717) is 17.6 Å². The number of aliphatic hydroxyl groups is 1. The second-order valence-electron chi connectivity index (χ2n) is 11.0. The van der Waals surface area contributed by atoms with Crippen molar-refractivity contribution < 1.29 is 19.4 Å². The molecule has 2 N–H and O–H groups in total. The van der Waals surface area contributed by atoms with Crippen molar-refractivity contribution in [3.63, 3.8) is 0 Å². The summed E-state index contributed by atoms with van der Waals surface area (Å²) in [5.74, 6) is 1.29. The average molecular weight is 518 g/mol. The molecule has 2 aliphatic rings. The van der Waals surface area contributed by atoms with Gasteiger partial charge in [0.25, 0.3) is 5.91 Å². The Labute approximate surface area is 222 Å². The van der Waals surface area contributed by atoms with E-state index < -0.39 is 0 Å². The largest absolute Gasteiger partial charge is 0.497 e. The quantitative estimate of drug-likeness (QED) is 0.384. The third-order valence-electron chi connectivity index (χ3n) is 8.29. The second kappa shape index (κ2) is 10.1. The molecule has 6 heteroatoms. The summed E-state index contributed by atoms with van der Waals surface area (Å²) in [7, 11) is 1.63. The zero-order valence-corrected chi connectivity index (χ0v) is 22.8. The summed E-state index contributed by atoms with van der Waals surface area (Å²) in [6.07, 6.45) is 4.66. The lowest BCUT2D eigenvalue weighted by Crippen LogP contribution is -2.57. The summed E-state index contributed by atoms with van der Waals surface area (Å²) in [5, 5.41) is 12.9. The molecule has 0 saturated heterocycles. The van der Waals surface area contributed by atoms with Crippen LogP contribution in [0, 0.1) is 25.2 Å². The SMILES string of the molecule is COc1cc(CO)cc(-c2ccc(Cc3c(C)sc(C)c3C(=O)NC3CC4(C3)CC(C(C)=O)C4)cc2)c1. The highest BCUT2D eigenvalue weighted by molar-refractivity contribution is 7.12. The topological polar surface area (TPSA) is 75.6 Å². The smallest absolute Gasteiger partial charge is 0.252 e. The van der Waals surface area contributed by atoms with Crippen molar-refractivity contribution in [3.8, 4) is 16.9 Å². The number of thiophene rings is 1. The zero-order valence-electron chi connectivity index (χ0n) is 22.0. The summed E-state index contributed by atoms with van der Waals surface area (Å²) >= 11 is 1.69. The number of carbonyl (C=O) groups is 2. The standard InChI is InChI=1S/C31H35NO4S/c1-18(34)25-13-31(14-25)15-26(16-31)32-30(35)29-20(3)37-19(2)28(29)11-21-5-7-23(8-6-21)24-9-22(17-33)10-27(12-24)36-4/h5-10,12,25-26,33H,11,13-17H2,1-4H3,(H,32,35). The molecule has 0 radical (unpaired) electrons. The van der Waals surface area contributed by atoms with Gasteiger partial charge >= 0.3 is 0 Å². The number of carbonyl (C=O) groups excluding carboxylic acids is 2. The molecule has 37 heavy (non-hydrogen) atoms. The van der Waals surface area contributed by atoms with Crippen LogP contribution >= 0.6 is 11.3 Å². The molecule has 194 valence electrons.